The maximum Gasteiger partial charge on any atom is 0.227 e. The van der Waals surface area contributed by atoms with Crippen LogP contribution in [0, 0.1) is 11.8 Å². The lowest BCUT2D eigenvalue weighted by atomic mass is 9.75. The van der Waals surface area contributed by atoms with Gasteiger partial charge in [-0.25, -0.2) is 0 Å². The van der Waals surface area contributed by atoms with Gasteiger partial charge in [0.25, 0.3) is 0 Å². The summed E-state index contributed by atoms with van der Waals surface area (Å²) in [4.78, 5) is 17.4. The van der Waals surface area contributed by atoms with Gasteiger partial charge in [-0.15, -0.1) is 5.10 Å². The summed E-state index contributed by atoms with van der Waals surface area (Å²) in [5.41, 5.74) is 0.982. The van der Waals surface area contributed by atoms with Gasteiger partial charge in [0.2, 0.25) is 5.91 Å². The molecule has 4 unspecified atom stereocenters. The van der Waals surface area contributed by atoms with Gasteiger partial charge in [-0.3, -0.25) is 14.4 Å². The second kappa shape index (κ2) is 6.80. The van der Waals surface area contributed by atoms with Gasteiger partial charge >= 0.3 is 0 Å². The number of nitrogens with zero attached hydrogens (tertiary/aromatic N) is 5. The van der Waals surface area contributed by atoms with Crippen LogP contribution in [-0.4, -0.2) is 70.0 Å². The Bertz CT molecular complexity index is 581. The summed E-state index contributed by atoms with van der Waals surface area (Å²) in [5, 5.41) is 11.6. The van der Waals surface area contributed by atoms with Crippen LogP contribution in [0.15, 0.2) is 6.20 Å². The lowest BCUT2D eigenvalue weighted by molar-refractivity contribution is -0.142. The van der Waals surface area contributed by atoms with E-state index in [9.17, 15) is 4.79 Å². The van der Waals surface area contributed by atoms with Crippen LogP contribution >= 0.6 is 0 Å². The maximum absolute atomic E-state index is 12.8. The fourth-order valence-corrected chi connectivity index (χ4v) is 4.69. The van der Waals surface area contributed by atoms with Gasteiger partial charge in [-0.1, -0.05) is 5.21 Å². The van der Waals surface area contributed by atoms with E-state index in [1.807, 2.05) is 17.9 Å². The molecule has 5 rings (SSSR count). The molecule has 1 amide bonds. The quantitative estimate of drug-likeness (QED) is 0.842. The Balaban J connectivity index is 1.38. The number of amides is 1. The SMILES string of the molecule is CNCc1cn(CC2CC3CCN2CC3C(=O)N2CCCC2)nn1. The number of likely N-dealkylation sites (tertiary alicyclic amines) is 1. The average Bonchev–Trinajstić information content (AvgIpc) is 3.27. The first kappa shape index (κ1) is 16.0. The number of fused-ring (bicyclic) bond motifs is 3. The number of hydrogen-bond donors (Lipinski definition) is 1. The van der Waals surface area contributed by atoms with Crippen molar-refractivity contribution < 1.29 is 4.79 Å². The molecular formula is C17H28N6O. The molecule has 4 atom stereocenters. The Kier molecular flexibility index (Phi) is 4.54. The first-order valence-corrected chi connectivity index (χ1v) is 9.31. The largest absolute Gasteiger partial charge is 0.342 e. The topological polar surface area (TPSA) is 66.3 Å². The van der Waals surface area contributed by atoms with E-state index in [1.54, 1.807) is 0 Å². The van der Waals surface area contributed by atoms with E-state index in [2.05, 4.69) is 25.4 Å². The van der Waals surface area contributed by atoms with Gasteiger partial charge in [0.1, 0.15) is 0 Å². The van der Waals surface area contributed by atoms with E-state index in [4.69, 9.17) is 0 Å². The van der Waals surface area contributed by atoms with Gasteiger partial charge in [0.15, 0.2) is 0 Å². The summed E-state index contributed by atoms with van der Waals surface area (Å²) < 4.78 is 1.97. The van der Waals surface area contributed by atoms with Crippen LogP contribution in [0.25, 0.3) is 0 Å². The molecule has 4 saturated heterocycles. The zero-order valence-electron chi connectivity index (χ0n) is 14.5. The monoisotopic (exact) mass is 332 g/mol. The number of nitrogens with one attached hydrogen (secondary N) is 1. The highest BCUT2D eigenvalue weighted by atomic mass is 16.2. The van der Waals surface area contributed by atoms with Gasteiger partial charge in [-0.05, 0) is 45.2 Å². The average molecular weight is 332 g/mol. The highest BCUT2D eigenvalue weighted by molar-refractivity contribution is 5.80. The van der Waals surface area contributed by atoms with Crippen molar-refractivity contribution in [1.29, 1.82) is 0 Å². The summed E-state index contributed by atoms with van der Waals surface area (Å²) in [6.45, 7) is 5.64. The van der Waals surface area contributed by atoms with Crippen LogP contribution in [0.5, 0.6) is 0 Å². The van der Waals surface area contributed by atoms with Crippen molar-refractivity contribution in [3.63, 3.8) is 0 Å². The van der Waals surface area contributed by atoms with Crippen molar-refractivity contribution >= 4 is 5.91 Å². The molecule has 0 aromatic carbocycles. The minimum Gasteiger partial charge on any atom is -0.342 e. The number of carbonyl (C=O) groups excluding carboxylic acids is 1. The Morgan fingerprint density at radius 3 is 2.88 bits per heavy atom. The fraction of sp³-hybridized carbons (Fsp3) is 0.824. The van der Waals surface area contributed by atoms with E-state index >= 15 is 0 Å². The summed E-state index contributed by atoms with van der Waals surface area (Å²) in [6.07, 6.45) is 6.68. The zero-order valence-corrected chi connectivity index (χ0v) is 14.5. The van der Waals surface area contributed by atoms with E-state index in [1.165, 1.54) is 19.3 Å². The van der Waals surface area contributed by atoms with Gasteiger partial charge in [0.05, 0.1) is 18.2 Å². The molecule has 4 aliphatic heterocycles. The van der Waals surface area contributed by atoms with E-state index in [-0.39, 0.29) is 5.92 Å². The molecule has 4 fully saturated rings. The van der Waals surface area contributed by atoms with Gasteiger partial charge in [0, 0.05) is 38.4 Å². The third-order valence-electron chi connectivity index (χ3n) is 5.96. The second-order valence-electron chi connectivity index (χ2n) is 7.53. The smallest absolute Gasteiger partial charge is 0.227 e. The Hall–Kier alpha value is -1.47. The van der Waals surface area contributed by atoms with E-state index in [0.29, 0.717) is 17.9 Å². The predicted molar refractivity (Wildman–Crippen MR) is 90.2 cm³/mol. The molecule has 5 heterocycles. The summed E-state index contributed by atoms with van der Waals surface area (Å²) in [5.74, 6) is 1.19. The van der Waals surface area contributed by atoms with E-state index < -0.39 is 0 Å². The normalized spacial score (nSPS) is 32.5. The molecule has 24 heavy (non-hydrogen) atoms. The molecule has 4 aliphatic rings. The number of aromatic nitrogens is 3. The summed E-state index contributed by atoms with van der Waals surface area (Å²) in [6, 6.07) is 0.496. The standard InChI is InChI=1S/C17H28N6O/c1-18-9-14-10-23(20-19-14)11-15-8-13-4-7-22(15)12-16(13)17(24)21-5-2-3-6-21/h10,13,15-16,18H,2-9,11-12H2,1H3. The van der Waals surface area contributed by atoms with Crippen molar-refractivity contribution in [2.45, 2.75) is 44.8 Å². The highest BCUT2D eigenvalue weighted by Gasteiger charge is 2.44. The molecular weight excluding hydrogens is 304 g/mol. The van der Waals surface area contributed by atoms with E-state index in [0.717, 1.165) is 51.4 Å². The first-order valence-electron chi connectivity index (χ1n) is 9.31. The van der Waals surface area contributed by atoms with Crippen molar-refractivity contribution in [2.75, 3.05) is 33.2 Å². The summed E-state index contributed by atoms with van der Waals surface area (Å²) in [7, 11) is 1.92. The molecule has 0 aliphatic carbocycles. The summed E-state index contributed by atoms with van der Waals surface area (Å²) >= 11 is 0. The molecule has 7 heteroatoms. The highest BCUT2D eigenvalue weighted by Crippen LogP contribution is 2.38. The molecule has 1 aromatic heterocycles. The lowest BCUT2D eigenvalue weighted by Crippen LogP contribution is -2.58. The Morgan fingerprint density at radius 2 is 2.17 bits per heavy atom. The molecule has 1 aromatic rings. The molecule has 2 bridgehead atoms. The van der Waals surface area contributed by atoms with Gasteiger partial charge < -0.3 is 10.2 Å². The van der Waals surface area contributed by atoms with Gasteiger partial charge in [-0.2, -0.15) is 0 Å². The fourth-order valence-electron chi connectivity index (χ4n) is 4.69. The lowest BCUT2D eigenvalue weighted by Gasteiger charge is -2.49. The number of hydrogen-bond acceptors (Lipinski definition) is 5. The van der Waals surface area contributed by atoms with Crippen LogP contribution in [-0.2, 0) is 17.9 Å². The minimum absolute atomic E-state index is 0.226. The molecule has 0 radical (unpaired) electrons. The minimum atomic E-state index is 0.226. The van der Waals surface area contributed by atoms with Crippen molar-refractivity contribution in [2.24, 2.45) is 11.8 Å². The van der Waals surface area contributed by atoms with Crippen LogP contribution in [0.4, 0.5) is 0 Å². The van der Waals surface area contributed by atoms with Crippen molar-refractivity contribution in [1.82, 2.24) is 30.1 Å². The third-order valence-corrected chi connectivity index (χ3v) is 5.96. The van der Waals surface area contributed by atoms with Crippen LogP contribution in [0.1, 0.15) is 31.4 Å². The Labute approximate surface area is 143 Å². The van der Waals surface area contributed by atoms with Crippen LogP contribution in [0.3, 0.4) is 0 Å². The Morgan fingerprint density at radius 1 is 1.33 bits per heavy atom. The number of rotatable bonds is 5. The number of piperidine rings is 3. The molecule has 0 spiro atoms. The molecule has 7 nitrogen and oxygen atoms in total. The molecule has 132 valence electrons. The maximum atomic E-state index is 12.8. The first-order chi connectivity index (χ1) is 11.7. The third kappa shape index (κ3) is 3.07. The van der Waals surface area contributed by atoms with Crippen molar-refractivity contribution in [3.05, 3.63) is 11.9 Å². The second-order valence-corrected chi connectivity index (χ2v) is 7.53. The number of carbonyl (C=O) groups is 1. The molecule has 1 N–H and O–H groups in total. The molecule has 0 saturated carbocycles. The predicted octanol–water partition coefficient (Wildman–Crippen LogP) is 0.330. The van der Waals surface area contributed by atoms with Crippen LogP contribution in [0.2, 0.25) is 0 Å². The zero-order chi connectivity index (χ0) is 16.5. The van der Waals surface area contributed by atoms with Crippen LogP contribution < -0.4 is 5.32 Å². The van der Waals surface area contributed by atoms with Crippen molar-refractivity contribution in [3.8, 4) is 0 Å².